The Morgan fingerprint density at radius 1 is 1.17 bits per heavy atom. The van der Waals surface area contributed by atoms with Crippen molar-refractivity contribution >= 4 is 5.84 Å². The van der Waals surface area contributed by atoms with Crippen LogP contribution in [-0.2, 0) is 9.47 Å². The number of amidine groups is 1. The van der Waals surface area contributed by atoms with Crippen molar-refractivity contribution in [2.45, 2.75) is 32.6 Å². The third-order valence-corrected chi connectivity index (χ3v) is 5.20. The van der Waals surface area contributed by atoms with E-state index in [0.717, 1.165) is 11.1 Å². The van der Waals surface area contributed by atoms with Crippen LogP contribution in [0, 0.1) is 40.4 Å². The van der Waals surface area contributed by atoms with E-state index in [0.29, 0.717) is 13.2 Å². The molecular formula is C18H21N4O2+. The molecule has 1 aromatic rings. The second kappa shape index (κ2) is 5.31. The second-order valence-corrected chi connectivity index (χ2v) is 6.15. The Labute approximate surface area is 141 Å². The zero-order valence-electron chi connectivity index (χ0n) is 14.1. The van der Waals surface area contributed by atoms with Crippen LogP contribution in [0.1, 0.15) is 30.9 Å². The van der Waals surface area contributed by atoms with Gasteiger partial charge in [-0.2, -0.15) is 10.5 Å². The molecule has 24 heavy (non-hydrogen) atoms. The van der Waals surface area contributed by atoms with E-state index in [-0.39, 0.29) is 5.84 Å². The minimum absolute atomic E-state index is 0.238. The number of hydrogen-bond acceptors (Lipinski definition) is 5. The molecule has 1 fully saturated rings. The lowest BCUT2D eigenvalue weighted by Crippen LogP contribution is -2.91. The first-order valence-corrected chi connectivity index (χ1v) is 8.08. The standard InChI is InChI=1S/C18H20N4O2/c1-4-23-18(24-5-2)17(11-20)14(13-9-7-6-8-12(13)3)16(17,10-19)15(21)22-18/h6-9,14H,4-5H2,1-3H3,(H2,21,22)/p+1/t14-,16-,17-/m1/s1. The van der Waals surface area contributed by atoms with E-state index in [2.05, 4.69) is 17.1 Å². The largest absolute Gasteiger partial charge is 0.343 e. The minimum atomic E-state index is -1.42. The number of ether oxygens (including phenoxy) is 2. The molecule has 1 heterocycles. The molecule has 0 spiro atoms. The highest BCUT2D eigenvalue weighted by atomic mass is 16.7. The van der Waals surface area contributed by atoms with Gasteiger partial charge in [0.1, 0.15) is 0 Å². The maximum Gasteiger partial charge on any atom is 0.343 e. The normalized spacial score (nSPS) is 32.4. The van der Waals surface area contributed by atoms with Crippen LogP contribution in [0.15, 0.2) is 24.3 Å². The third-order valence-electron chi connectivity index (χ3n) is 5.20. The van der Waals surface area contributed by atoms with E-state index in [1.165, 1.54) is 0 Å². The summed E-state index contributed by atoms with van der Waals surface area (Å²) >= 11 is 0. The summed E-state index contributed by atoms with van der Waals surface area (Å²) in [7, 11) is 0. The summed E-state index contributed by atoms with van der Waals surface area (Å²) in [5.74, 6) is -1.58. The fraction of sp³-hybridized carbons (Fsp3) is 0.500. The van der Waals surface area contributed by atoms with Crippen molar-refractivity contribution in [3.8, 4) is 12.1 Å². The summed E-state index contributed by atoms with van der Waals surface area (Å²) in [6.45, 7) is 6.26. The molecule has 6 heteroatoms. The lowest BCUT2D eigenvalue weighted by atomic mass is 9.93. The number of nitrogens with one attached hydrogen (secondary N) is 1. The summed E-state index contributed by atoms with van der Waals surface area (Å²) in [5.41, 5.74) is 5.75. The third kappa shape index (κ3) is 1.57. The Morgan fingerprint density at radius 2 is 1.79 bits per heavy atom. The molecule has 2 aliphatic rings. The number of nitriles is 2. The van der Waals surface area contributed by atoms with Gasteiger partial charge in [-0.3, -0.25) is 5.73 Å². The molecule has 0 saturated heterocycles. The average molecular weight is 325 g/mol. The molecule has 0 amide bonds. The second-order valence-electron chi connectivity index (χ2n) is 6.15. The molecule has 0 radical (unpaired) electrons. The van der Waals surface area contributed by atoms with Crippen LogP contribution in [0.25, 0.3) is 0 Å². The van der Waals surface area contributed by atoms with Gasteiger partial charge in [0, 0.05) is 5.92 Å². The highest BCUT2D eigenvalue weighted by Crippen LogP contribution is 2.78. The van der Waals surface area contributed by atoms with Gasteiger partial charge in [-0.1, -0.05) is 24.3 Å². The minimum Gasteiger partial charge on any atom is -0.314 e. The number of aryl methyl sites for hydroxylation is 1. The Balaban J connectivity index is 2.25. The van der Waals surface area contributed by atoms with Gasteiger partial charge in [-0.15, -0.1) is 0 Å². The topological polar surface area (TPSA) is 106 Å². The van der Waals surface area contributed by atoms with Crippen LogP contribution in [0.4, 0.5) is 0 Å². The van der Waals surface area contributed by atoms with Crippen molar-refractivity contribution < 1.29 is 14.5 Å². The van der Waals surface area contributed by atoms with Gasteiger partial charge in [0.25, 0.3) is 5.84 Å². The molecule has 1 aliphatic heterocycles. The van der Waals surface area contributed by atoms with Crippen LogP contribution in [0.3, 0.4) is 0 Å². The molecule has 3 atom stereocenters. The average Bonchev–Trinajstić information content (AvgIpc) is 3.14. The predicted octanol–water partition coefficient (Wildman–Crippen LogP) is 0.290. The van der Waals surface area contributed by atoms with Gasteiger partial charge >= 0.3 is 5.91 Å². The Kier molecular flexibility index (Phi) is 3.64. The number of benzene rings is 1. The molecule has 1 aliphatic carbocycles. The number of nitrogens with two attached hydrogens (primary N) is 1. The highest BCUT2D eigenvalue weighted by molar-refractivity contribution is 5.95. The van der Waals surface area contributed by atoms with Gasteiger partial charge in [0.05, 0.1) is 25.4 Å². The van der Waals surface area contributed by atoms with Crippen molar-refractivity contribution in [3.05, 3.63) is 35.4 Å². The maximum atomic E-state index is 10.1. The van der Waals surface area contributed by atoms with E-state index < -0.39 is 22.7 Å². The predicted molar refractivity (Wildman–Crippen MR) is 86.2 cm³/mol. The van der Waals surface area contributed by atoms with Crippen molar-refractivity contribution in [1.82, 2.24) is 0 Å². The first-order chi connectivity index (χ1) is 11.5. The Hall–Kier alpha value is -2.41. The molecule has 0 bridgehead atoms. The number of nitrogens with zero attached hydrogens (tertiary/aromatic N) is 2. The summed E-state index contributed by atoms with van der Waals surface area (Å²) in [5, 5.41) is 20.1. The van der Waals surface area contributed by atoms with Gasteiger partial charge in [0.2, 0.25) is 0 Å². The summed E-state index contributed by atoms with van der Waals surface area (Å²) in [4.78, 5) is 2.98. The number of fused-ring (bicyclic) bond motifs is 1. The number of hydrogen-bond donors (Lipinski definition) is 2. The van der Waals surface area contributed by atoms with E-state index >= 15 is 0 Å². The van der Waals surface area contributed by atoms with Crippen molar-refractivity contribution in [2.75, 3.05) is 13.2 Å². The van der Waals surface area contributed by atoms with Crippen LogP contribution in [0.5, 0.6) is 0 Å². The summed E-state index contributed by atoms with van der Waals surface area (Å²) in [6, 6.07) is 12.4. The molecule has 0 aromatic heterocycles. The lowest BCUT2D eigenvalue weighted by molar-refractivity contribution is -0.693. The van der Waals surface area contributed by atoms with Crippen LogP contribution < -0.4 is 10.7 Å². The van der Waals surface area contributed by atoms with Crippen LogP contribution >= 0.6 is 0 Å². The first-order valence-electron chi connectivity index (χ1n) is 8.08. The summed E-state index contributed by atoms with van der Waals surface area (Å²) < 4.78 is 11.7. The zero-order valence-corrected chi connectivity index (χ0v) is 14.1. The maximum absolute atomic E-state index is 10.1. The fourth-order valence-electron chi connectivity index (χ4n) is 4.23. The fourth-order valence-corrected chi connectivity index (χ4v) is 4.23. The van der Waals surface area contributed by atoms with Gasteiger partial charge < -0.3 is 9.47 Å². The van der Waals surface area contributed by atoms with Crippen molar-refractivity contribution in [1.29, 1.82) is 10.5 Å². The molecule has 1 aromatic carbocycles. The van der Waals surface area contributed by atoms with Crippen LogP contribution in [-0.4, -0.2) is 25.0 Å². The van der Waals surface area contributed by atoms with E-state index in [1.807, 2.05) is 45.0 Å². The molecule has 3 rings (SSSR count). The smallest absolute Gasteiger partial charge is 0.314 e. The van der Waals surface area contributed by atoms with Crippen molar-refractivity contribution in [2.24, 2.45) is 16.6 Å². The molecule has 1 saturated carbocycles. The molecule has 0 unspecified atom stereocenters. The summed E-state index contributed by atoms with van der Waals surface area (Å²) in [6.07, 6.45) is 0. The SMILES string of the molecule is CCOC1(OCC)[NH+]=C(N)[C@@]2(C#N)[C@@H](c3ccccc3C)[C@@]12C#N. The highest BCUT2D eigenvalue weighted by Gasteiger charge is 2.97. The zero-order chi connectivity index (χ0) is 17.6. The Bertz CT molecular complexity index is 785. The van der Waals surface area contributed by atoms with E-state index in [4.69, 9.17) is 15.2 Å². The number of rotatable bonds is 5. The lowest BCUT2D eigenvalue weighted by Gasteiger charge is -2.29. The monoisotopic (exact) mass is 325 g/mol. The molecule has 3 N–H and O–H groups in total. The van der Waals surface area contributed by atoms with Gasteiger partial charge in [-0.25, -0.2) is 4.99 Å². The molecule has 124 valence electrons. The van der Waals surface area contributed by atoms with Gasteiger partial charge in [0.15, 0.2) is 10.8 Å². The molecule has 6 nitrogen and oxygen atoms in total. The molecular weight excluding hydrogens is 304 g/mol. The Morgan fingerprint density at radius 3 is 2.29 bits per heavy atom. The van der Waals surface area contributed by atoms with Crippen molar-refractivity contribution in [3.63, 3.8) is 0 Å². The first kappa shape index (κ1) is 16.4. The van der Waals surface area contributed by atoms with E-state index in [1.54, 1.807) is 0 Å². The van der Waals surface area contributed by atoms with Gasteiger partial charge in [-0.05, 0) is 31.9 Å². The van der Waals surface area contributed by atoms with E-state index in [9.17, 15) is 10.5 Å². The quantitative estimate of drug-likeness (QED) is 0.757. The van der Waals surface area contributed by atoms with Crippen LogP contribution in [0.2, 0.25) is 0 Å².